The van der Waals surface area contributed by atoms with Crippen LogP contribution in [0.15, 0.2) is 36.4 Å². The third-order valence-electron chi connectivity index (χ3n) is 5.69. The van der Waals surface area contributed by atoms with Gasteiger partial charge in [-0.1, -0.05) is 26.0 Å². The lowest BCUT2D eigenvalue weighted by atomic mass is 9.98. The molecule has 1 aliphatic rings. The lowest BCUT2D eigenvalue weighted by molar-refractivity contribution is 0.0342. The second-order valence-corrected chi connectivity index (χ2v) is 8.38. The van der Waals surface area contributed by atoms with Crippen LogP contribution in [0, 0.1) is 0 Å². The fourth-order valence-electron chi connectivity index (χ4n) is 3.93. The van der Waals surface area contributed by atoms with E-state index in [4.69, 9.17) is 4.74 Å². The summed E-state index contributed by atoms with van der Waals surface area (Å²) in [5.74, 6) is 0.224. The first-order valence-corrected chi connectivity index (χ1v) is 10.8. The molecule has 8 heteroatoms. The number of ketones is 1. The molecule has 1 fully saturated rings. The zero-order chi connectivity index (χ0) is 22.8. The smallest absolute Gasteiger partial charge is 0.204 e. The maximum absolute atomic E-state index is 12.3. The van der Waals surface area contributed by atoms with Gasteiger partial charge in [0.05, 0.1) is 18.8 Å². The van der Waals surface area contributed by atoms with E-state index in [1.807, 2.05) is 38.1 Å². The molecule has 32 heavy (non-hydrogen) atoms. The van der Waals surface area contributed by atoms with E-state index in [0.717, 1.165) is 44.1 Å². The van der Waals surface area contributed by atoms with Crippen molar-refractivity contribution in [2.45, 2.75) is 33.2 Å². The van der Waals surface area contributed by atoms with Gasteiger partial charge in [-0.15, -0.1) is 10.2 Å². The van der Waals surface area contributed by atoms with Crippen molar-refractivity contribution in [1.29, 1.82) is 0 Å². The van der Waals surface area contributed by atoms with Crippen LogP contribution in [0.1, 0.15) is 48.4 Å². The molecule has 3 aromatic rings. The summed E-state index contributed by atoms with van der Waals surface area (Å²) in [6.45, 7) is 9.48. The minimum Gasteiger partial charge on any atom is -0.508 e. The van der Waals surface area contributed by atoms with E-state index in [-0.39, 0.29) is 29.0 Å². The van der Waals surface area contributed by atoms with Crippen LogP contribution >= 0.6 is 0 Å². The van der Waals surface area contributed by atoms with Gasteiger partial charge in [0.25, 0.3) is 0 Å². The number of ether oxygens (including phenoxy) is 1. The van der Waals surface area contributed by atoms with Crippen LogP contribution < -0.4 is 0 Å². The molecular weight excluding hydrogens is 408 g/mol. The molecule has 2 heterocycles. The van der Waals surface area contributed by atoms with Gasteiger partial charge in [-0.3, -0.25) is 14.3 Å². The molecule has 4 rings (SSSR count). The Labute approximate surface area is 187 Å². The van der Waals surface area contributed by atoms with Gasteiger partial charge in [-0.05, 0) is 35.2 Å². The summed E-state index contributed by atoms with van der Waals surface area (Å²) in [4.78, 5) is 14.6. The highest BCUT2D eigenvalue weighted by Crippen LogP contribution is 2.38. The van der Waals surface area contributed by atoms with E-state index in [1.165, 1.54) is 13.0 Å². The van der Waals surface area contributed by atoms with Crippen LogP contribution in [0.4, 0.5) is 0 Å². The van der Waals surface area contributed by atoms with Crippen molar-refractivity contribution in [3.05, 3.63) is 53.3 Å². The number of Topliss-reactive ketones (excluding diaryl/α,β-unsaturated/α-hetero) is 1. The zero-order valence-electron chi connectivity index (χ0n) is 18.6. The van der Waals surface area contributed by atoms with Crippen molar-refractivity contribution in [2.75, 3.05) is 26.3 Å². The molecule has 0 unspecified atom stereocenters. The first-order valence-electron chi connectivity index (χ1n) is 10.8. The molecule has 0 spiro atoms. The maximum atomic E-state index is 12.3. The number of morpholine rings is 1. The zero-order valence-corrected chi connectivity index (χ0v) is 18.6. The van der Waals surface area contributed by atoms with E-state index in [1.54, 1.807) is 10.6 Å². The Bertz CT molecular complexity index is 1120. The summed E-state index contributed by atoms with van der Waals surface area (Å²) in [5.41, 5.74) is 2.96. The topological polar surface area (TPSA) is 101 Å². The van der Waals surface area contributed by atoms with E-state index < -0.39 is 0 Å². The summed E-state index contributed by atoms with van der Waals surface area (Å²) in [6.07, 6.45) is 0. The van der Waals surface area contributed by atoms with Crippen molar-refractivity contribution in [2.24, 2.45) is 0 Å². The highest BCUT2D eigenvalue weighted by molar-refractivity contribution is 5.92. The Kier molecular flexibility index (Phi) is 6.25. The predicted octanol–water partition coefficient (Wildman–Crippen LogP) is 3.50. The average Bonchev–Trinajstić information content (AvgIpc) is 3.20. The molecule has 1 saturated heterocycles. The van der Waals surface area contributed by atoms with Crippen LogP contribution in [0.3, 0.4) is 0 Å². The molecule has 0 aliphatic carbocycles. The number of aromatic nitrogens is 3. The third-order valence-corrected chi connectivity index (χ3v) is 5.69. The van der Waals surface area contributed by atoms with Crippen LogP contribution in [-0.2, 0) is 11.3 Å². The van der Waals surface area contributed by atoms with Gasteiger partial charge in [0.1, 0.15) is 11.5 Å². The molecule has 8 nitrogen and oxygen atoms in total. The monoisotopic (exact) mass is 436 g/mol. The minimum atomic E-state index is -0.233. The number of carbonyl (C=O) groups is 1. The summed E-state index contributed by atoms with van der Waals surface area (Å²) < 4.78 is 7.06. The quantitative estimate of drug-likeness (QED) is 0.570. The molecule has 2 N–H and O–H groups in total. The van der Waals surface area contributed by atoms with Gasteiger partial charge >= 0.3 is 0 Å². The molecule has 2 aromatic carbocycles. The SMILES string of the molecule is CC(=O)c1nnc(-c2cc(C(C)C)c(O)cc2O)n1-c1ccc(CN2CCOCC2)cc1. The number of hydrogen-bond acceptors (Lipinski definition) is 7. The molecule has 1 aliphatic heterocycles. The Morgan fingerprint density at radius 1 is 1.06 bits per heavy atom. The van der Waals surface area contributed by atoms with Gasteiger partial charge in [0.15, 0.2) is 11.6 Å². The van der Waals surface area contributed by atoms with Crippen molar-refractivity contribution in [3.8, 4) is 28.6 Å². The number of hydrogen-bond donors (Lipinski definition) is 2. The van der Waals surface area contributed by atoms with Gasteiger partial charge < -0.3 is 14.9 Å². The van der Waals surface area contributed by atoms with Crippen molar-refractivity contribution < 1.29 is 19.7 Å². The minimum absolute atomic E-state index is 0.0200. The van der Waals surface area contributed by atoms with Gasteiger partial charge in [0, 0.05) is 38.3 Å². The largest absolute Gasteiger partial charge is 0.508 e. The van der Waals surface area contributed by atoms with E-state index in [9.17, 15) is 15.0 Å². The summed E-state index contributed by atoms with van der Waals surface area (Å²) >= 11 is 0. The Balaban J connectivity index is 1.74. The van der Waals surface area contributed by atoms with Crippen LogP contribution in [-0.4, -0.2) is 62.0 Å². The predicted molar refractivity (Wildman–Crippen MR) is 120 cm³/mol. The van der Waals surface area contributed by atoms with E-state index >= 15 is 0 Å². The molecule has 0 radical (unpaired) electrons. The number of benzene rings is 2. The maximum Gasteiger partial charge on any atom is 0.204 e. The number of phenols is 2. The van der Waals surface area contributed by atoms with Crippen LogP contribution in [0.25, 0.3) is 17.1 Å². The number of phenolic OH excluding ortho intramolecular Hbond substituents is 2. The third kappa shape index (κ3) is 4.37. The van der Waals surface area contributed by atoms with Crippen molar-refractivity contribution in [1.82, 2.24) is 19.7 Å². The summed E-state index contributed by atoms with van der Waals surface area (Å²) in [7, 11) is 0. The Morgan fingerprint density at radius 2 is 1.75 bits per heavy atom. The second kappa shape index (κ2) is 9.10. The molecule has 1 aromatic heterocycles. The number of aromatic hydroxyl groups is 2. The number of nitrogens with zero attached hydrogens (tertiary/aromatic N) is 4. The van der Waals surface area contributed by atoms with E-state index in [0.29, 0.717) is 17.0 Å². The fraction of sp³-hybridized carbons (Fsp3) is 0.375. The summed E-state index contributed by atoms with van der Waals surface area (Å²) in [6, 6.07) is 10.9. The lowest BCUT2D eigenvalue weighted by Gasteiger charge is -2.26. The van der Waals surface area contributed by atoms with Gasteiger partial charge in [-0.25, -0.2) is 0 Å². The van der Waals surface area contributed by atoms with Gasteiger partial charge in [-0.2, -0.15) is 0 Å². The number of rotatable bonds is 6. The molecular formula is C24H28N4O4. The number of carbonyl (C=O) groups excluding carboxylic acids is 1. The first-order chi connectivity index (χ1) is 15.3. The van der Waals surface area contributed by atoms with Gasteiger partial charge in [0.2, 0.25) is 5.82 Å². The highest BCUT2D eigenvalue weighted by Gasteiger charge is 2.23. The Hall–Kier alpha value is -3.23. The first kappa shape index (κ1) is 22.0. The lowest BCUT2D eigenvalue weighted by Crippen LogP contribution is -2.35. The summed E-state index contributed by atoms with van der Waals surface area (Å²) in [5, 5.41) is 29.1. The highest BCUT2D eigenvalue weighted by atomic mass is 16.5. The van der Waals surface area contributed by atoms with E-state index in [2.05, 4.69) is 15.1 Å². The second-order valence-electron chi connectivity index (χ2n) is 8.38. The molecule has 0 bridgehead atoms. The normalized spacial score (nSPS) is 14.8. The fourth-order valence-corrected chi connectivity index (χ4v) is 3.93. The van der Waals surface area contributed by atoms with Crippen LogP contribution in [0.5, 0.6) is 11.5 Å². The molecule has 0 saturated carbocycles. The van der Waals surface area contributed by atoms with Crippen LogP contribution in [0.2, 0.25) is 0 Å². The molecule has 168 valence electrons. The molecule has 0 atom stereocenters. The Morgan fingerprint density at radius 3 is 2.38 bits per heavy atom. The van der Waals surface area contributed by atoms with Crippen molar-refractivity contribution >= 4 is 5.78 Å². The average molecular weight is 437 g/mol. The van der Waals surface area contributed by atoms with Crippen molar-refractivity contribution in [3.63, 3.8) is 0 Å². The molecule has 0 amide bonds. The standard InChI is InChI=1S/C24H28N4O4/c1-15(2)19-12-20(22(31)13-21(19)30)24-26-25-23(16(3)29)28(24)18-6-4-17(5-7-18)14-27-8-10-32-11-9-27/h4-7,12-13,15,30-31H,8-11,14H2,1-3H3.